The van der Waals surface area contributed by atoms with Crippen LogP contribution in [0.4, 0.5) is 5.69 Å². The average molecular weight is 450 g/mol. The van der Waals surface area contributed by atoms with E-state index in [9.17, 15) is 10.1 Å². The second kappa shape index (κ2) is 8.05. The number of nitro groups is 1. The number of aromatic nitrogens is 4. The lowest BCUT2D eigenvalue weighted by Gasteiger charge is -2.19. The number of aryl methyl sites for hydroxylation is 1. The maximum absolute atomic E-state index is 10.8. The van der Waals surface area contributed by atoms with Crippen molar-refractivity contribution >= 4 is 33.7 Å². The molecule has 3 heterocycles. The number of non-ortho nitro benzene ring substituents is 1. The summed E-state index contributed by atoms with van der Waals surface area (Å²) < 4.78 is 1.74. The first kappa shape index (κ1) is 19.6. The molecule has 4 aromatic rings. The SMILES string of the molecule is O=[N+]([O-])c1ccc(-c2cn(CC3=C(Cl)c4ccc(-c5cccs5)nc4CC3)nn2)cc1. The molecule has 9 heteroatoms. The van der Waals surface area contributed by atoms with E-state index in [2.05, 4.69) is 16.4 Å². The van der Waals surface area contributed by atoms with Crippen LogP contribution in [0.3, 0.4) is 0 Å². The predicted molar refractivity (Wildman–Crippen MR) is 121 cm³/mol. The van der Waals surface area contributed by atoms with Gasteiger partial charge < -0.3 is 0 Å². The smallest absolute Gasteiger partial charge is 0.258 e. The van der Waals surface area contributed by atoms with Crippen molar-refractivity contribution in [2.45, 2.75) is 19.4 Å². The molecule has 0 saturated heterocycles. The topological polar surface area (TPSA) is 86.7 Å². The first-order chi connectivity index (χ1) is 15.1. The van der Waals surface area contributed by atoms with Gasteiger partial charge in [0.25, 0.3) is 5.69 Å². The van der Waals surface area contributed by atoms with Gasteiger partial charge in [0.05, 0.1) is 39.0 Å². The van der Waals surface area contributed by atoms with Gasteiger partial charge in [-0.25, -0.2) is 4.68 Å². The van der Waals surface area contributed by atoms with E-state index in [1.807, 2.05) is 29.8 Å². The summed E-state index contributed by atoms with van der Waals surface area (Å²) in [4.78, 5) is 16.4. The first-order valence-corrected chi connectivity index (χ1v) is 10.9. The van der Waals surface area contributed by atoms with Crippen LogP contribution in [0, 0.1) is 10.1 Å². The second-order valence-electron chi connectivity index (χ2n) is 7.19. The summed E-state index contributed by atoms with van der Waals surface area (Å²) in [5, 5.41) is 22.0. The van der Waals surface area contributed by atoms with Gasteiger partial charge in [0.15, 0.2) is 0 Å². The highest BCUT2D eigenvalue weighted by molar-refractivity contribution is 7.13. The molecule has 0 saturated carbocycles. The Hall–Kier alpha value is -3.36. The maximum Gasteiger partial charge on any atom is 0.269 e. The Bertz CT molecular complexity index is 1300. The molecule has 0 radical (unpaired) electrons. The van der Waals surface area contributed by atoms with Crippen LogP contribution in [0.25, 0.3) is 26.9 Å². The zero-order valence-electron chi connectivity index (χ0n) is 16.2. The summed E-state index contributed by atoms with van der Waals surface area (Å²) in [5.41, 5.74) is 5.53. The van der Waals surface area contributed by atoms with E-state index in [-0.39, 0.29) is 5.69 Å². The van der Waals surface area contributed by atoms with Gasteiger partial charge in [-0.15, -0.1) is 16.4 Å². The Kier molecular flexibility index (Phi) is 5.09. The first-order valence-electron chi connectivity index (χ1n) is 9.65. The number of allylic oxidation sites excluding steroid dienone is 1. The standard InChI is InChI=1S/C22H16ClN5O2S/c23-22-15(5-9-18-17(22)8-10-19(24-18)21-2-1-11-31-21)12-27-13-20(25-26-27)14-3-6-16(7-4-14)28(29)30/h1-4,6-8,10-11,13H,5,9,12H2. The lowest BCUT2D eigenvalue weighted by molar-refractivity contribution is -0.384. The summed E-state index contributed by atoms with van der Waals surface area (Å²) in [6, 6.07) is 14.4. The molecule has 0 unspecified atom stereocenters. The number of hydrogen-bond donors (Lipinski definition) is 0. The Labute approximate surface area is 186 Å². The van der Waals surface area contributed by atoms with Crippen LogP contribution in [0.1, 0.15) is 17.7 Å². The molecule has 5 rings (SSSR count). The summed E-state index contributed by atoms with van der Waals surface area (Å²) in [7, 11) is 0. The van der Waals surface area contributed by atoms with E-state index in [4.69, 9.17) is 16.6 Å². The molecule has 31 heavy (non-hydrogen) atoms. The highest BCUT2D eigenvalue weighted by Gasteiger charge is 2.20. The lowest BCUT2D eigenvalue weighted by Crippen LogP contribution is -2.10. The number of nitrogens with zero attached hydrogens (tertiary/aromatic N) is 5. The summed E-state index contributed by atoms with van der Waals surface area (Å²) in [5.74, 6) is 0. The lowest BCUT2D eigenvalue weighted by atomic mass is 9.95. The number of hydrogen-bond acceptors (Lipinski definition) is 6. The van der Waals surface area contributed by atoms with Crippen molar-refractivity contribution in [3.63, 3.8) is 0 Å². The largest absolute Gasteiger partial charge is 0.269 e. The number of rotatable bonds is 5. The fraction of sp³-hybridized carbons (Fsp3) is 0.136. The van der Waals surface area contributed by atoms with Gasteiger partial charge >= 0.3 is 0 Å². The number of pyridine rings is 1. The van der Waals surface area contributed by atoms with Crippen molar-refractivity contribution < 1.29 is 4.92 Å². The van der Waals surface area contributed by atoms with Crippen molar-refractivity contribution in [1.82, 2.24) is 20.0 Å². The molecular weight excluding hydrogens is 434 g/mol. The normalized spacial score (nSPS) is 13.3. The van der Waals surface area contributed by atoms with Crippen molar-refractivity contribution in [1.29, 1.82) is 0 Å². The number of halogens is 1. The van der Waals surface area contributed by atoms with Gasteiger partial charge in [-0.1, -0.05) is 22.9 Å². The quantitative estimate of drug-likeness (QED) is 0.293. The van der Waals surface area contributed by atoms with Crippen molar-refractivity contribution in [3.8, 4) is 21.8 Å². The van der Waals surface area contributed by atoms with Gasteiger partial charge in [0.1, 0.15) is 5.69 Å². The van der Waals surface area contributed by atoms with Gasteiger partial charge in [0, 0.05) is 23.3 Å². The Balaban J connectivity index is 1.37. The predicted octanol–water partition coefficient (Wildman–Crippen LogP) is 5.57. The average Bonchev–Trinajstić information content (AvgIpc) is 3.48. The molecule has 1 aliphatic rings. The second-order valence-corrected chi connectivity index (χ2v) is 8.52. The molecule has 0 fully saturated rings. The minimum Gasteiger partial charge on any atom is -0.258 e. The van der Waals surface area contributed by atoms with Crippen LogP contribution in [0.2, 0.25) is 0 Å². The number of nitro benzene ring substituents is 1. The minimum atomic E-state index is -0.422. The third kappa shape index (κ3) is 3.87. The molecule has 154 valence electrons. The van der Waals surface area contributed by atoms with Crippen LogP contribution >= 0.6 is 22.9 Å². The van der Waals surface area contributed by atoms with Crippen LogP contribution < -0.4 is 0 Å². The molecule has 0 bridgehead atoms. The highest BCUT2D eigenvalue weighted by Crippen LogP contribution is 2.36. The molecule has 7 nitrogen and oxygen atoms in total. The number of thiophene rings is 1. The molecule has 3 aromatic heterocycles. The van der Waals surface area contributed by atoms with Gasteiger partial charge in [-0.3, -0.25) is 15.1 Å². The molecule has 1 aliphatic carbocycles. The molecule has 0 spiro atoms. The maximum atomic E-state index is 10.8. The minimum absolute atomic E-state index is 0.0461. The zero-order chi connectivity index (χ0) is 21.4. The van der Waals surface area contributed by atoms with Crippen LogP contribution in [-0.2, 0) is 13.0 Å². The van der Waals surface area contributed by atoms with E-state index in [0.717, 1.165) is 50.8 Å². The molecule has 0 atom stereocenters. The fourth-order valence-corrected chi connectivity index (χ4v) is 4.65. The number of benzene rings is 1. The van der Waals surface area contributed by atoms with Gasteiger partial charge in [-0.2, -0.15) is 0 Å². The fourth-order valence-electron chi connectivity index (χ4n) is 3.63. The van der Waals surface area contributed by atoms with Crippen LogP contribution in [-0.4, -0.2) is 24.9 Å². The van der Waals surface area contributed by atoms with E-state index in [1.165, 1.54) is 12.1 Å². The Morgan fingerprint density at radius 1 is 1.10 bits per heavy atom. The Morgan fingerprint density at radius 2 is 1.94 bits per heavy atom. The van der Waals surface area contributed by atoms with Crippen molar-refractivity contribution in [3.05, 3.63) is 87.1 Å². The number of fused-ring (bicyclic) bond motifs is 1. The van der Waals surface area contributed by atoms with E-state index in [0.29, 0.717) is 12.2 Å². The third-order valence-corrected chi connectivity index (χ3v) is 6.59. The van der Waals surface area contributed by atoms with Gasteiger partial charge in [0.2, 0.25) is 0 Å². The van der Waals surface area contributed by atoms with E-state index < -0.39 is 4.92 Å². The van der Waals surface area contributed by atoms with Gasteiger partial charge in [-0.05, 0) is 54.1 Å². The van der Waals surface area contributed by atoms with Crippen LogP contribution in [0.15, 0.2) is 65.7 Å². The summed E-state index contributed by atoms with van der Waals surface area (Å²) >= 11 is 8.40. The molecular formula is C22H16ClN5O2S. The monoisotopic (exact) mass is 449 g/mol. The van der Waals surface area contributed by atoms with Crippen molar-refractivity contribution in [2.24, 2.45) is 0 Å². The summed E-state index contributed by atoms with van der Waals surface area (Å²) in [6.07, 6.45) is 3.45. The molecule has 0 amide bonds. The third-order valence-electron chi connectivity index (χ3n) is 5.22. The molecule has 0 aliphatic heterocycles. The molecule has 0 N–H and O–H groups in total. The molecule has 1 aromatic carbocycles. The van der Waals surface area contributed by atoms with Crippen molar-refractivity contribution in [2.75, 3.05) is 0 Å². The summed E-state index contributed by atoms with van der Waals surface area (Å²) in [6.45, 7) is 0.533. The van der Waals surface area contributed by atoms with E-state index in [1.54, 1.807) is 28.2 Å². The van der Waals surface area contributed by atoms with E-state index >= 15 is 0 Å². The zero-order valence-corrected chi connectivity index (χ0v) is 17.8. The highest BCUT2D eigenvalue weighted by atomic mass is 35.5. The Morgan fingerprint density at radius 3 is 2.68 bits per heavy atom. The van der Waals surface area contributed by atoms with Crippen LogP contribution in [0.5, 0.6) is 0 Å².